The highest BCUT2D eigenvalue weighted by atomic mass is 16.5. The zero-order valence-electron chi connectivity index (χ0n) is 19.7. The molecule has 0 atom stereocenters. The van der Waals surface area contributed by atoms with E-state index in [4.69, 9.17) is 10.5 Å². The van der Waals surface area contributed by atoms with Crippen molar-refractivity contribution in [1.29, 1.82) is 0 Å². The third kappa shape index (κ3) is 7.71. The number of hydrogen-bond acceptors (Lipinski definition) is 8. The van der Waals surface area contributed by atoms with E-state index in [1.807, 2.05) is 12.1 Å². The maximum atomic E-state index is 11.4. The molecule has 3 rings (SSSR count). The highest BCUT2D eigenvalue weighted by molar-refractivity contribution is 5.93. The Hall–Kier alpha value is -3.20. The van der Waals surface area contributed by atoms with E-state index in [-0.39, 0.29) is 0 Å². The van der Waals surface area contributed by atoms with E-state index in [2.05, 4.69) is 44.1 Å². The fraction of sp³-hybridized carbons (Fsp3) is 0.500. The molecule has 1 aliphatic rings. The predicted octanol–water partition coefficient (Wildman–Crippen LogP) is 3.12. The number of piperidine rings is 1. The van der Waals surface area contributed by atoms with E-state index >= 15 is 0 Å². The lowest BCUT2D eigenvalue weighted by molar-refractivity contribution is 0.100. The molecular weight excluding hydrogens is 418 g/mol. The number of likely N-dealkylation sites (tertiary alicyclic amines) is 1. The van der Waals surface area contributed by atoms with Gasteiger partial charge in [0.15, 0.2) is 0 Å². The van der Waals surface area contributed by atoms with Crippen LogP contribution in [0, 0.1) is 0 Å². The van der Waals surface area contributed by atoms with Gasteiger partial charge in [-0.3, -0.25) is 15.1 Å². The molecule has 0 radical (unpaired) electrons. The number of carbonyl (C=O) groups is 1. The number of nitrogens with one attached hydrogen (secondary N) is 1. The summed E-state index contributed by atoms with van der Waals surface area (Å²) in [4.78, 5) is 25.2. The number of benzene rings is 1. The Kier molecular flexibility index (Phi) is 9.44. The fourth-order valence-electron chi connectivity index (χ4n) is 3.79. The molecule has 1 aliphatic heterocycles. The van der Waals surface area contributed by atoms with Gasteiger partial charge in [-0.1, -0.05) is 19.4 Å². The lowest BCUT2D eigenvalue weighted by Crippen LogP contribution is -2.33. The van der Waals surface area contributed by atoms with Crippen LogP contribution in [0.1, 0.15) is 55.6 Å². The first kappa shape index (κ1) is 24.4. The van der Waals surface area contributed by atoms with Gasteiger partial charge in [0, 0.05) is 31.3 Å². The SMILES string of the molecule is CCCN(CC)c1cc(/C=N/Nc2cccc(C(N)=O)c2)nc(OCCN2CCCCC2)n1. The number of hydrazone groups is 1. The van der Waals surface area contributed by atoms with Crippen molar-refractivity contribution in [3.63, 3.8) is 0 Å². The molecule has 0 unspecified atom stereocenters. The molecule has 1 aromatic carbocycles. The average Bonchev–Trinajstić information content (AvgIpc) is 2.83. The summed E-state index contributed by atoms with van der Waals surface area (Å²) in [6, 6.07) is 9.14. The third-order valence-electron chi connectivity index (χ3n) is 5.54. The summed E-state index contributed by atoms with van der Waals surface area (Å²) in [5, 5.41) is 4.28. The Morgan fingerprint density at radius 2 is 2.06 bits per heavy atom. The molecule has 0 aliphatic carbocycles. The van der Waals surface area contributed by atoms with Crippen molar-refractivity contribution in [2.24, 2.45) is 10.8 Å². The lowest BCUT2D eigenvalue weighted by Gasteiger charge is -2.26. The zero-order chi connectivity index (χ0) is 23.5. The van der Waals surface area contributed by atoms with Crippen molar-refractivity contribution in [3.8, 4) is 6.01 Å². The number of nitrogens with two attached hydrogens (primary N) is 1. The van der Waals surface area contributed by atoms with Crippen LogP contribution in [0.3, 0.4) is 0 Å². The summed E-state index contributed by atoms with van der Waals surface area (Å²) >= 11 is 0. The smallest absolute Gasteiger partial charge is 0.319 e. The molecule has 3 N–H and O–H groups in total. The van der Waals surface area contributed by atoms with E-state index in [0.717, 1.165) is 45.0 Å². The Morgan fingerprint density at radius 1 is 1.24 bits per heavy atom. The molecule has 1 aromatic heterocycles. The van der Waals surface area contributed by atoms with Gasteiger partial charge in [-0.15, -0.1) is 0 Å². The van der Waals surface area contributed by atoms with Crippen LogP contribution in [0.4, 0.5) is 11.5 Å². The van der Waals surface area contributed by atoms with Crippen molar-refractivity contribution in [1.82, 2.24) is 14.9 Å². The number of carbonyl (C=O) groups excluding carboxylic acids is 1. The summed E-state index contributed by atoms with van der Waals surface area (Å²) in [5.41, 5.74) is 9.99. The first-order valence-corrected chi connectivity index (χ1v) is 11.8. The van der Waals surface area contributed by atoms with Crippen LogP contribution in [0.5, 0.6) is 6.01 Å². The molecule has 2 heterocycles. The molecule has 1 fully saturated rings. The van der Waals surface area contributed by atoms with Crippen LogP contribution in [-0.4, -0.2) is 66.3 Å². The summed E-state index contributed by atoms with van der Waals surface area (Å²) in [7, 11) is 0. The number of nitrogens with zero attached hydrogens (tertiary/aromatic N) is 5. The van der Waals surface area contributed by atoms with E-state index in [1.54, 1.807) is 24.4 Å². The molecule has 0 spiro atoms. The quantitative estimate of drug-likeness (QED) is 0.375. The number of rotatable bonds is 12. The first-order valence-electron chi connectivity index (χ1n) is 11.8. The Bertz CT molecular complexity index is 929. The van der Waals surface area contributed by atoms with Gasteiger partial charge in [0.1, 0.15) is 12.4 Å². The van der Waals surface area contributed by atoms with Crippen molar-refractivity contribution < 1.29 is 9.53 Å². The number of primary amides is 1. The standard InChI is InChI=1S/C24H35N7O2/c1-3-11-31(4-2)22-17-21(18-26-29-20-10-8-9-19(16-20)23(25)32)27-24(28-22)33-15-14-30-12-6-5-7-13-30/h8-10,16-18,29H,3-7,11-15H2,1-2H3,(H2,25,32)/b26-18+. The minimum atomic E-state index is -0.481. The van der Waals surface area contributed by atoms with Gasteiger partial charge < -0.3 is 15.4 Å². The molecule has 9 heteroatoms. The van der Waals surface area contributed by atoms with Crippen molar-refractivity contribution in [2.45, 2.75) is 39.5 Å². The van der Waals surface area contributed by atoms with E-state index < -0.39 is 5.91 Å². The van der Waals surface area contributed by atoms with Gasteiger partial charge in [-0.05, 0) is 57.5 Å². The second-order valence-corrected chi connectivity index (χ2v) is 8.08. The molecule has 2 aromatic rings. The summed E-state index contributed by atoms with van der Waals surface area (Å²) in [6.45, 7) is 9.68. The molecule has 0 bridgehead atoms. The van der Waals surface area contributed by atoms with Crippen molar-refractivity contribution in [3.05, 3.63) is 41.6 Å². The zero-order valence-corrected chi connectivity index (χ0v) is 19.7. The van der Waals surface area contributed by atoms with Gasteiger partial charge in [-0.25, -0.2) is 0 Å². The topological polar surface area (TPSA) is 109 Å². The maximum absolute atomic E-state index is 11.4. The van der Waals surface area contributed by atoms with E-state index in [1.165, 1.54) is 19.3 Å². The van der Waals surface area contributed by atoms with Gasteiger partial charge in [0.2, 0.25) is 5.91 Å². The molecule has 9 nitrogen and oxygen atoms in total. The van der Waals surface area contributed by atoms with Gasteiger partial charge in [-0.2, -0.15) is 15.1 Å². The summed E-state index contributed by atoms with van der Waals surface area (Å²) in [6.07, 6.45) is 6.47. The number of ether oxygens (including phenoxy) is 1. The van der Waals surface area contributed by atoms with Crippen LogP contribution in [0.2, 0.25) is 0 Å². The van der Waals surface area contributed by atoms with Crippen LogP contribution in [0.25, 0.3) is 0 Å². The second-order valence-electron chi connectivity index (χ2n) is 8.08. The van der Waals surface area contributed by atoms with Gasteiger partial charge in [0.05, 0.1) is 17.6 Å². The Morgan fingerprint density at radius 3 is 2.79 bits per heavy atom. The van der Waals surface area contributed by atoms with Crippen molar-refractivity contribution in [2.75, 3.05) is 49.7 Å². The first-order chi connectivity index (χ1) is 16.1. The van der Waals surface area contributed by atoms with Crippen LogP contribution >= 0.6 is 0 Å². The highest BCUT2D eigenvalue weighted by Gasteiger charge is 2.13. The van der Waals surface area contributed by atoms with E-state index in [0.29, 0.717) is 29.6 Å². The number of amides is 1. The number of anilines is 2. The second kappa shape index (κ2) is 12.7. The monoisotopic (exact) mass is 453 g/mol. The average molecular weight is 454 g/mol. The lowest BCUT2D eigenvalue weighted by atomic mass is 10.1. The normalized spacial score (nSPS) is 14.4. The summed E-state index contributed by atoms with van der Waals surface area (Å²) in [5.74, 6) is 0.337. The third-order valence-corrected chi connectivity index (χ3v) is 5.54. The van der Waals surface area contributed by atoms with Crippen LogP contribution < -0.4 is 20.8 Å². The van der Waals surface area contributed by atoms with E-state index in [9.17, 15) is 4.79 Å². The van der Waals surface area contributed by atoms with Gasteiger partial charge >= 0.3 is 6.01 Å². The van der Waals surface area contributed by atoms with Crippen molar-refractivity contribution >= 4 is 23.6 Å². The molecule has 33 heavy (non-hydrogen) atoms. The highest BCUT2D eigenvalue weighted by Crippen LogP contribution is 2.17. The maximum Gasteiger partial charge on any atom is 0.319 e. The molecule has 178 valence electrons. The largest absolute Gasteiger partial charge is 0.462 e. The molecule has 0 saturated carbocycles. The Labute approximate surface area is 196 Å². The minimum absolute atomic E-state index is 0.358. The fourth-order valence-corrected chi connectivity index (χ4v) is 3.79. The van der Waals surface area contributed by atoms with Crippen LogP contribution in [0.15, 0.2) is 35.4 Å². The molecular formula is C24H35N7O2. The van der Waals surface area contributed by atoms with Crippen LogP contribution in [-0.2, 0) is 0 Å². The number of aromatic nitrogens is 2. The van der Waals surface area contributed by atoms with Gasteiger partial charge in [0.25, 0.3) is 0 Å². The summed E-state index contributed by atoms with van der Waals surface area (Å²) < 4.78 is 5.95. The predicted molar refractivity (Wildman–Crippen MR) is 132 cm³/mol. The molecule has 1 saturated heterocycles. The number of hydrogen-bond donors (Lipinski definition) is 2. The molecule has 1 amide bonds. The minimum Gasteiger partial charge on any atom is -0.462 e. The Balaban J connectivity index is 1.71.